The maximum Gasteiger partial charge on any atom is 0.269 e. The van der Waals surface area contributed by atoms with Crippen molar-refractivity contribution in [1.29, 1.82) is 0 Å². The largest absolute Gasteiger partial charge is 0.340 e. The molecule has 3 atom stereocenters. The zero-order valence-electron chi connectivity index (χ0n) is 12.3. The predicted molar refractivity (Wildman–Crippen MR) is 82.5 cm³/mol. The van der Waals surface area contributed by atoms with Gasteiger partial charge in [0.2, 0.25) is 0 Å². The Kier molecular flexibility index (Phi) is 2.41. The van der Waals surface area contributed by atoms with E-state index in [-0.39, 0.29) is 17.4 Å². The molecule has 1 N–H and O–H groups in total. The van der Waals surface area contributed by atoms with Gasteiger partial charge in [-0.05, 0) is 50.2 Å². The van der Waals surface area contributed by atoms with Crippen molar-refractivity contribution in [2.24, 2.45) is 28.0 Å². The minimum absolute atomic E-state index is 0.0459. The number of nitrogens with one attached hydrogen (secondary N) is 1. The number of pyridine rings is 1. The number of carbonyl (C=O) groups is 1. The molecule has 5 nitrogen and oxygen atoms in total. The molecule has 3 aliphatic carbocycles. The molecule has 5 heteroatoms. The van der Waals surface area contributed by atoms with E-state index in [9.17, 15) is 4.79 Å². The van der Waals surface area contributed by atoms with E-state index in [2.05, 4.69) is 20.5 Å². The molecular weight excluding hydrogens is 276 g/mol. The number of rotatable bonds is 3. The molecule has 1 amide bonds. The first-order chi connectivity index (χ1) is 10.8. The van der Waals surface area contributed by atoms with Crippen LogP contribution in [-0.2, 0) is 10.3 Å². The zero-order valence-corrected chi connectivity index (χ0v) is 12.3. The maximum atomic E-state index is 12.7. The van der Waals surface area contributed by atoms with Crippen molar-refractivity contribution in [3.05, 3.63) is 30.1 Å². The summed E-state index contributed by atoms with van der Waals surface area (Å²) in [6.45, 7) is 0. The van der Waals surface area contributed by atoms with E-state index in [0.717, 1.165) is 43.0 Å². The van der Waals surface area contributed by atoms with Gasteiger partial charge in [0.05, 0.1) is 16.9 Å². The summed E-state index contributed by atoms with van der Waals surface area (Å²) in [6.07, 6.45) is 7.13. The van der Waals surface area contributed by atoms with Gasteiger partial charge < -0.3 is 5.32 Å². The second kappa shape index (κ2) is 4.24. The van der Waals surface area contributed by atoms with Crippen LogP contribution in [0.25, 0.3) is 0 Å². The molecule has 0 spiro atoms. The molecule has 1 aromatic rings. The lowest BCUT2D eigenvalue weighted by atomic mass is 9.73. The van der Waals surface area contributed by atoms with Crippen molar-refractivity contribution in [1.82, 2.24) is 10.3 Å². The second-order valence-corrected chi connectivity index (χ2v) is 7.01. The standard InChI is InChI=1S/C17H18N4O/c22-16(15-12-9-10-8-11(10)14(12)20-21-15)19-17(5-3-6-17)13-4-1-2-7-18-13/h1-2,4,7,10-12H,3,5-6,8-9H2,(H,19,22). The molecule has 3 fully saturated rings. The zero-order chi connectivity index (χ0) is 14.7. The number of aromatic nitrogens is 1. The number of hydrogen-bond acceptors (Lipinski definition) is 4. The topological polar surface area (TPSA) is 66.7 Å². The van der Waals surface area contributed by atoms with Crippen molar-refractivity contribution in [2.45, 2.75) is 37.6 Å². The van der Waals surface area contributed by atoms with E-state index >= 15 is 0 Å². The number of fused-ring (bicyclic) bond motifs is 3. The minimum Gasteiger partial charge on any atom is -0.340 e. The smallest absolute Gasteiger partial charge is 0.269 e. The summed E-state index contributed by atoms with van der Waals surface area (Å²) in [7, 11) is 0. The molecule has 3 unspecified atom stereocenters. The van der Waals surface area contributed by atoms with Gasteiger partial charge in [0, 0.05) is 18.0 Å². The lowest BCUT2D eigenvalue weighted by molar-refractivity contribution is -0.118. The molecule has 22 heavy (non-hydrogen) atoms. The summed E-state index contributed by atoms with van der Waals surface area (Å²) in [5.41, 5.74) is 2.45. The molecule has 112 valence electrons. The molecule has 1 aliphatic heterocycles. The van der Waals surface area contributed by atoms with Crippen LogP contribution in [0.3, 0.4) is 0 Å². The summed E-state index contributed by atoms with van der Waals surface area (Å²) < 4.78 is 0. The van der Waals surface area contributed by atoms with Gasteiger partial charge in [0.15, 0.2) is 0 Å². The van der Waals surface area contributed by atoms with E-state index < -0.39 is 0 Å². The summed E-state index contributed by atoms with van der Waals surface area (Å²) in [5.74, 6) is 1.52. The highest BCUT2D eigenvalue weighted by atomic mass is 16.2. The van der Waals surface area contributed by atoms with Crippen molar-refractivity contribution >= 4 is 17.3 Å². The van der Waals surface area contributed by atoms with E-state index in [4.69, 9.17) is 0 Å². The SMILES string of the molecule is O=C(NC1(c2ccccn2)CCC1)C1=NN=C2C1CC1CC21. The van der Waals surface area contributed by atoms with Gasteiger partial charge in [-0.3, -0.25) is 9.78 Å². The highest BCUT2D eigenvalue weighted by Gasteiger charge is 2.56. The first kappa shape index (κ1) is 12.5. The Balaban J connectivity index is 1.37. The third-order valence-corrected chi connectivity index (χ3v) is 5.75. The average molecular weight is 294 g/mol. The van der Waals surface area contributed by atoms with Crippen LogP contribution in [0.5, 0.6) is 0 Å². The predicted octanol–water partition coefficient (Wildman–Crippen LogP) is 2.04. The van der Waals surface area contributed by atoms with Gasteiger partial charge in [-0.2, -0.15) is 5.10 Å². The Bertz CT molecular complexity index is 705. The Hall–Kier alpha value is -2.04. The highest BCUT2D eigenvalue weighted by molar-refractivity contribution is 6.45. The van der Waals surface area contributed by atoms with Crippen LogP contribution in [0, 0.1) is 17.8 Å². The average Bonchev–Trinajstić information content (AvgIpc) is 2.99. The highest BCUT2D eigenvalue weighted by Crippen LogP contribution is 2.54. The van der Waals surface area contributed by atoms with Crippen LogP contribution in [0.2, 0.25) is 0 Å². The Morgan fingerprint density at radius 3 is 2.86 bits per heavy atom. The van der Waals surface area contributed by atoms with Gasteiger partial charge >= 0.3 is 0 Å². The van der Waals surface area contributed by atoms with Crippen molar-refractivity contribution in [3.8, 4) is 0 Å². The molecule has 1 aromatic heterocycles. The first-order valence-corrected chi connectivity index (χ1v) is 8.16. The fourth-order valence-electron chi connectivity index (χ4n) is 4.24. The van der Waals surface area contributed by atoms with Gasteiger partial charge in [0.1, 0.15) is 5.71 Å². The summed E-state index contributed by atoms with van der Waals surface area (Å²) >= 11 is 0. The number of carbonyl (C=O) groups excluding carboxylic acids is 1. The van der Waals surface area contributed by atoms with Crippen LogP contribution in [-0.4, -0.2) is 22.3 Å². The van der Waals surface area contributed by atoms with Crippen molar-refractivity contribution in [3.63, 3.8) is 0 Å². The van der Waals surface area contributed by atoms with Gasteiger partial charge in [-0.15, -0.1) is 5.10 Å². The van der Waals surface area contributed by atoms with Crippen LogP contribution >= 0.6 is 0 Å². The molecule has 0 bridgehead atoms. The van der Waals surface area contributed by atoms with E-state index in [1.54, 1.807) is 6.20 Å². The number of nitrogens with zero attached hydrogens (tertiary/aromatic N) is 3. The third kappa shape index (κ3) is 1.65. The van der Waals surface area contributed by atoms with Gasteiger partial charge in [-0.1, -0.05) is 6.07 Å². The molecule has 0 radical (unpaired) electrons. The van der Waals surface area contributed by atoms with Crippen LogP contribution in [0.4, 0.5) is 0 Å². The summed E-state index contributed by atoms with van der Waals surface area (Å²) in [5, 5.41) is 11.7. The molecule has 4 aliphatic rings. The fraction of sp³-hybridized carbons (Fsp3) is 0.529. The Morgan fingerprint density at radius 1 is 1.23 bits per heavy atom. The van der Waals surface area contributed by atoms with Crippen LogP contribution in [0.15, 0.2) is 34.6 Å². The molecule has 0 saturated heterocycles. The van der Waals surface area contributed by atoms with Crippen LogP contribution < -0.4 is 5.32 Å². The fourth-order valence-corrected chi connectivity index (χ4v) is 4.24. The molecule has 2 heterocycles. The molecular formula is C17H18N4O. The molecule has 3 saturated carbocycles. The Morgan fingerprint density at radius 2 is 2.14 bits per heavy atom. The summed E-state index contributed by atoms with van der Waals surface area (Å²) in [4.78, 5) is 17.2. The van der Waals surface area contributed by atoms with Crippen molar-refractivity contribution in [2.75, 3.05) is 0 Å². The lowest BCUT2D eigenvalue weighted by Crippen LogP contribution is -2.54. The minimum atomic E-state index is -0.300. The van der Waals surface area contributed by atoms with Gasteiger partial charge in [0.25, 0.3) is 5.91 Å². The normalized spacial score (nSPS) is 33.2. The van der Waals surface area contributed by atoms with E-state index in [1.165, 1.54) is 6.42 Å². The third-order valence-electron chi connectivity index (χ3n) is 5.75. The van der Waals surface area contributed by atoms with Crippen molar-refractivity contribution < 1.29 is 4.79 Å². The summed E-state index contributed by atoms with van der Waals surface area (Å²) in [6, 6.07) is 5.89. The first-order valence-electron chi connectivity index (χ1n) is 8.16. The molecule has 0 aromatic carbocycles. The second-order valence-electron chi connectivity index (χ2n) is 7.01. The van der Waals surface area contributed by atoms with E-state index in [0.29, 0.717) is 11.6 Å². The number of hydrogen-bond donors (Lipinski definition) is 1. The van der Waals surface area contributed by atoms with Crippen LogP contribution in [0.1, 0.15) is 37.8 Å². The lowest BCUT2D eigenvalue weighted by Gasteiger charge is -2.42. The molecule has 5 rings (SSSR count). The monoisotopic (exact) mass is 294 g/mol. The van der Waals surface area contributed by atoms with E-state index in [1.807, 2.05) is 18.2 Å². The van der Waals surface area contributed by atoms with Gasteiger partial charge in [-0.25, -0.2) is 0 Å². The Labute approximate surface area is 128 Å². The quantitative estimate of drug-likeness (QED) is 0.927. The number of amides is 1. The maximum absolute atomic E-state index is 12.7.